The van der Waals surface area contributed by atoms with Gasteiger partial charge in [0.2, 0.25) is 5.91 Å². The van der Waals surface area contributed by atoms with E-state index >= 15 is 0 Å². The van der Waals surface area contributed by atoms with E-state index in [1.165, 1.54) is 24.3 Å². The molecule has 1 aliphatic heterocycles. The van der Waals surface area contributed by atoms with Crippen molar-refractivity contribution >= 4 is 11.6 Å². The van der Waals surface area contributed by atoms with E-state index in [4.69, 9.17) is 0 Å². The number of hydrogen-bond donors (Lipinski definition) is 1. The molecule has 0 saturated carbocycles. The highest BCUT2D eigenvalue weighted by molar-refractivity contribution is 6.12. The summed E-state index contributed by atoms with van der Waals surface area (Å²) in [4.78, 5) is 19.0. The highest BCUT2D eigenvalue weighted by Crippen LogP contribution is 2.36. The quantitative estimate of drug-likeness (QED) is 0.926. The lowest BCUT2D eigenvalue weighted by Crippen LogP contribution is -2.10. The summed E-state index contributed by atoms with van der Waals surface area (Å²) in [6.07, 6.45) is -3.29. The number of benzene rings is 1. The smallest absolute Gasteiger partial charge is 0.273 e. The molecule has 0 saturated heterocycles. The molecular weight excluding hydrogens is 297 g/mol. The average Bonchev–Trinajstić information content (AvgIpc) is 2.93. The zero-order valence-electron chi connectivity index (χ0n) is 11.1. The topological polar surface area (TPSA) is 67.2 Å². The first-order chi connectivity index (χ1) is 10.4. The molecule has 1 N–H and O–H groups in total. The van der Waals surface area contributed by atoms with E-state index in [2.05, 4.69) is 20.5 Å². The predicted molar refractivity (Wildman–Crippen MR) is 71.8 cm³/mol. The van der Waals surface area contributed by atoms with Crippen LogP contribution in [0.25, 0.3) is 11.3 Å². The molecule has 0 atom stereocenters. The molecule has 1 aliphatic rings. The van der Waals surface area contributed by atoms with Crippen LogP contribution in [0.15, 0.2) is 41.8 Å². The summed E-state index contributed by atoms with van der Waals surface area (Å²) in [5.41, 5.74) is 2.27. The van der Waals surface area contributed by atoms with Crippen molar-refractivity contribution in [2.45, 2.75) is 12.6 Å². The van der Waals surface area contributed by atoms with Gasteiger partial charge in [-0.3, -0.25) is 4.79 Å². The summed E-state index contributed by atoms with van der Waals surface area (Å²) >= 11 is 0. The maximum Gasteiger partial charge on any atom is 0.417 e. The lowest BCUT2D eigenvalue weighted by molar-refractivity contribution is -0.137. The van der Waals surface area contributed by atoms with Gasteiger partial charge in [0.05, 0.1) is 29.1 Å². The summed E-state index contributed by atoms with van der Waals surface area (Å²) in [6.45, 7) is 0. The minimum atomic E-state index is -4.48. The van der Waals surface area contributed by atoms with Gasteiger partial charge in [-0.15, -0.1) is 0 Å². The number of hydrogen-bond acceptors (Lipinski definition) is 4. The average molecular weight is 306 g/mol. The maximum absolute atomic E-state index is 13.1. The molecule has 0 bridgehead atoms. The number of nitrogens with zero attached hydrogens (tertiary/aromatic N) is 3. The minimum Gasteiger partial charge on any atom is -0.273 e. The van der Waals surface area contributed by atoms with Crippen molar-refractivity contribution in [2.24, 2.45) is 5.10 Å². The maximum atomic E-state index is 13.1. The molecule has 2 aromatic rings. The number of aromatic nitrogens is 2. The molecule has 0 aliphatic carbocycles. The summed E-state index contributed by atoms with van der Waals surface area (Å²) in [5, 5.41) is 3.80. The van der Waals surface area contributed by atoms with Gasteiger partial charge in [-0.05, 0) is 12.1 Å². The molecule has 0 unspecified atom stereocenters. The standard InChI is InChI=1S/C14H9F3N4O/c15-14(16,17)9-4-2-1-3-8(9)10-5-11(19-7-18-10)12-6-13(22)21-20-12/h1-5,7H,6H2,(H,21,22). The monoisotopic (exact) mass is 306 g/mol. The molecule has 3 rings (SSSR count). The lowest BCUT2D eigenvalue weighted by atomic mass is 10.0. The van der Waals surface area contributed by atoms with E-state index < -0.39 is 11.7 Å². The normalized spacial score (nSPS) is 14.7. The zero-order valence-corrected chi connectivity index (χ0v) is 11.1. The highest BCUT2D eigenvalue weighted by atomic mass is 19.4. The molecule has 0 fully saturated rings. The molecular formula is C14H9F3N4O. The number of hydrazone groups is 1. The second-order valence-corrected chi connectivity index (χ2v) is 4.60. The van der Waals surface area contributed by atoms with E-state index in [0.29, 0.717) is 11.4 Å². The first-order valence-corrected chi connectivity index (χ1v) is 6.29. The first kappa shape index (κ1) is 14.2. The fourth-order valence-electron chi connectivity index (χ4n) is 2.12. The zero-order chi connectivity index (χ0) is 15.7. The van der Waals surface area contributed by atoms with Crippen LogP contribution in [-0.4, -0.2) is 21.6 Å². The molecule has 112 valence electrons. The fourth-order valence-corrected chi connectivity index (χ4v) is 2.12. The Hall–Kier alpha value is -2.77. The Labute approximate surface area is 122 Å². The van der Waals surface area contributed by atoms with E-state index in [-0.39, 0.29) is 23.6 Å². The van der Waals surface area contributed by atoms with Crippen molar-refractivity contribution in [1.29, 1.82) is 0 Å². The van der Waals surface area contributed by atoms with E-state index in [1.807, 2.05) is 0 Å². The largest absolute Gasteiger partial charge is 0.417 e. The van der Waals surface area contributed by atoms with Gasteiger partial charge in [0.1, 0.15) is 6.33 Å². The van der Waals surface area contributed by atoms with E-state index in [1.54, 1.807) is 0 Å². The Morgan fingerprint density at radius 2 is 1.82 bits per heavy atom. The molecule has 0 radical (unpaired) electrons. The second-order valence-electron chi connectivity index (χ2n) is 4.60. The molecule has 8 heteroatoms. The van der Waals surface area contributed by atoms with Crippen molar-refractivity contribution in [3.8, 4) is 11.3 Å². The molecule has 1 aromatic carbocycles. The van der Waals surface area contributed by atoms with Crippen molar-refractivity contribution in [2.75, 3.05) is 0 Å². The number of nitrogens with one attached hydrogen (secondary N) is 1. The third-order valence-electron chi connectivity index (χ3n) is 3.11. The van der Waals surface area contributed by atoms with Crippen LogP contribution in [0.3, 0.4) is 0 Å². The SMILES string of the molecule is O=C1CC(c2cc(-c3ccccc3C(F)(F)F)ncn2)=NN1. The van der Waals surface area contributed by atoms with Gasteiger partial charge in [0, 0.05) is 5.56 Å². The highest BCUT2D eigenvalue weighted by Gasteiger charge is 2.33. The van der Waals surface area contributed by atoms with E-state index in [9.17, 15) is 18.0 Å². The third kappa shape index (κ3) is 2.67. The Bertz CT molecular complexity index is 771. The van der Waals surface area contributed by atoms with Gasteiger partial charge in [-0.2, -0.15) is 18.3 Å². The van der Waals surface area contributed by atoms with Crippen LogP contribution in [0.5, 0.6) is 0 Å². The third-order valence-corrected chi connectivity index (χ3v) is 3.11. The second kappa shape index (κ2) is 5.21. The molecule has 22 heavy (non-hydrogen) atoms. The minimum absolute atomic E-state index is 0.0391. The van der Waals surface area contributed by atoms with Crippen LogP contribution in [0.1, 0.15) is 17.7 Å². The van der Waals surface area contributed by atoms with Gasteiger partial charge < -0.3 is 0 Å². The Kier molecular flexibility index (Phi) is 3.36. The van der Waals surface area contributed by atoms with Crippen molar-refractivity contribution < 1.29 is 18.0 Å². The fraction of sp³-hybridized carbons (Fsp3) is 0.143. The number of carbonyl (C=O) groups excluding carboxylic acids is 1. The Morgan fingerprint density at radius 1 is 1.09 bits per heavy atom. The number of amides is 1. The number of alkyl halides is 3. The van der Waals surface area contributed by atoms with Crippen molar-refractivity contribution in [1.82, 2.24) is 15.4 Å². The summed E-state index contributed by atoms with van der Waals surface area (Å²) in [7, 11) is 0. The molecule has 1 amide bonds. The van der Waals surface area contributed by atoms with Crippen molar-refractivity contribution in [3.05, 3.63) is 47.9 Å². The van der Waals surface area contributed by atoms with Crippen LogP contribution >= 0.6 is 0 Å². The first-order valence-electron chi connectivity index (χ1n) is 6.29. The van der Waals surface area contributed by atoms with Gasteiger partial charge >= 0.3 is 6.18 Å². The molecule has 1 aromatic heterocycles. The van der Waals surface area contributed by atoms with Gasteiger partial charge in [0.15, 0.2) is 0 Å². The number of rotatable bonds is 2. The number of carbonyl (C=O) groups is 1. The number of halogens is 3. The molecule has 5 nitrogen and oxygen atoms in total. The van der Waals surface area contributed by atoms with Crippen LogP contribution in [0.2, 0.25) is 0 Å². The van der Waals surface area contributed by atoms with Crippen LogP contribution in [0.4, 0.5) is 13.2 Å². The lowest BCUT2D eigenvalue weighted by Gasteiger charge is -2.12. The molecule has 0 spiro atoms. The summed E-state index contributed by atoms with van der Waals surface area (Å²) in [5.74, 6) is -0.286. The Balaban J connectivity index is 2.06. The molecule has 2 heterocycles. The predicted octanol–water partition coefficient (Wildman–Crippen LogP) is 2.39. The van der Waals surface area contributed by atoms with Gasteiger partial charge in [0.25, 0.3) is 0 Å². The van der Waals surface area contributed by atoms with Crippen LogP contribution in [-0.2, 0) is 11.0 Å². The van der Waals surface area contributed by atoms with Gasteiger partial charge in [-0.1, -0.05) is 18.2 Å². The van der Waals surface area contributed by atoms with Gasteiger partial charge in [-0.25, -0.2) is 15.4 Å². The van der Waals surface area contributed by atoms with E-state index in [0.717, 1.165) is 12.4 Å². The van der Waals surface area contributed by atoms with Crippen LogP contribution < -0.4 is 5.43 Å². The summed E-state index contributed by atoms with van der Waals surface area (Å²) in [6, 6.07) is 6.55. The van der Waals surface area contributed by atoms with Crippen LogP contribution in [0, 0.1) is 0 Å². The Morgan fingerprint density at radius 3 is 2.50 bits per heavy atom. The van der Waals surface area contributed by atoms with Crippen molar-refractivity contribution in [3.63, 3.8) is 0 Å². The summed E-state index contributed by atoms with van der Waals surface area (Å²) < 4.78 is 39.2.